The Morgan fingerprint density at radius 1 is 1.10 bits per heavy atom. The van der Waals surface area contributed by atoms with Crippen LogP contribution in [0.3, 0.4) is 0 Å². The van der Waals surface area contributed by atoms with Crippen LogP contribution in [-0.4, -0.2) is 20.4 Å². The largest absolute Gasteiger partial charge is 0.365 e. The molecule has 0 aliphatic rings. The van der Waals surface area contributed by atoms with E-state index in [9.17, 15) is 0 Å². The standard InChI is InChI=1S/C5H9N5/c1-3(2)4-7-9-5(6)10-8-4/h3H,1-2H3,(H2,6,9,10). The van der Waals surface area contributed by atoms with Crippen LogP contribution in [0, 0.1) is 0 Å². The highest BCUT2D eigenvalue weighted by atomic mass is 15.3. The fraction of sp³-hybridized carbons (Fsp3) is 0.600. The molecule has 0 aliphatic carbocycles. The maximum atomic E-state index is 5.18. The number of hydrogen-bond acceptors (Lipinski definition) is 5. The van der Waals surface area contributed by atoms with Crippen LogP contribution in [-0.2, 0) is 0 Å². The summed E-state index contributed by atoms with van der Waals surface area (Å²) in [6, 6.07) is 0. The average Bonchev–Trinajstić information content (AvgIpc) is 1.88. The van der Waals surface area contributed by atoms with Crippen molar-refractivity contribution in [1.82, 2.24) is 20.4 Å². The maximum Gasteiger partial charge on any atom is 0.259 e. The highest BCUT2D eigenvalue weighted by Gasteiger charge is 2.02. The summed E-state index contributed by atoms with van der Waals surface area (Å²) in [4.78, 5) is 0. The molecule has 1 aromatic heterocycles. The van der Waals surface area contributed by atoms with Gasteiger partial charge in [0.2, 0.25) is 0 Å². The highest BCUT2D eigenvalue weighted by Crippen LogP contribution is 2.04. The number of nitrogens with zero attached hydrogens (tertiary/aromatic N) is 4. The molecule has 1 aromatic rings. The first-order chi connectivity index (χ1) is 4.70. The van der Waals surface area contributed by atoms with Gasteiger partial charge < -0.3 is 5.73 Å². The molecule has 0 radical (unpaired) electrons. The summed E-state index contributed by atoms with van der Waals surface area (Å²) < 4.78 is 0. The van der Waals surface area contributed by atoms with Crippen LogP contribution in [0.4, 0.5) is 5.95 Å². The lowest BCUT2D eigenvalue weighted by molar-refractivity contribution is 0.696. The van der Waals surface area contributed by atoms with Gasteiger partial charge in [0.1, 0.15) is 0 Å². The lowest BCUT2D eigenvalue weighted by Crippen LogP contribution is -2.05. The van der Waals surface area contributed by atoms with E-state index in [2.05, 4.69) is 20.4 Å². The van der Waals surface area contributed by atoms with E-state index in [1.807, 2.05) is 13.8 Å². The van der Waals surface area contributed by atoms with Gasteiger partial charge in [-0.3, -0.25) is 0 Å². The molecule has 2 N–H and O–H groups in total. The van der Waals surface area contributed by atoms with Gasteiger partial charge in [-0.05, 0) is 0 Å². The van der Waals surface area contributed by atoms with E-state index in [0.717, 1.165) is 0 Å². The van der Waals surface area contributed by atoms with E-state index in [0.29, 0.717) is 5.82 Å². The lowest BCUT2D eigenvalue weighted by atomic mass is 10.2. The molecule has 0 saturated carbocycles. The zero-order chi connectivity index (χ0) is 7.56. The fourth-order valence-electron chi connectivity index (χ4n) is 0.476. The van der Waals surface area contributed by atoms with Crippen LogP contribution < -0.4 is 5.73 Å². The van der Waals surface area contributed by atoms with Gasteiger partial charge in [-0.25, -0.2) is 0 Å². The Labute approximate surface area is 58.7 Å². The first-order valence-corrected chi connectivity index (χ1v) is 3.03. The van der Waals surface area contributed by atoms with Crippen molar-refractivity contribution in [3.05, 3.63) is 5.82 Å². The molecular weight excluding hydrogens is 130 g/mol. The van der Waals surface area contributed by atoms with Crippen LogP contribution in [0.5, 0.6) is 0 Å². The van der Waals surface area contributed by atoms with E-state index in [1.54, 1.807) is 0 Å². The Bertz CT molecular complexity index is 204. The normalized spacial score (nSPS) is 10.3. The minimum Gasteiger partial charge on any atom is -0.365 e. The van der Waals surface area contributed by atoms with Crippen molar-refractivity contribution < 1.29 is 0 Å². The molecular formula is C5H9N5. The molecule has 0 unspecified atom stereocenters. The van der Waals surface area contributed by atoms with Crippen LogP contribution in [0.15, 0.2) is 0 Å². The van der Waals surface area contributed by atoms with Crippen LogP contribution >= 0.6 is 0 Å². The van der Waals surface area contributed by atoms with E-state index in [4.69, 9.17) is 5.73 Å². The smallest absolute Gasteiger partial charge is 0.259 e. The van der Waals surface area contributed by atoms with Crippen LogP contribution in [0.1, 0.15) is 25.6 Å². The second kappa shape index (κ2) is 2.55. The molecule has 0 aliphatic heterocycles. The Kier molecular flexibility index (Phi) is 1.75. The fourth-order valence-corrected chi connectivity index (χ4v) is 0.476. The first-order valence-electron chi connectivity index (χ1n) is 3.03. The van der Waals surface area contributed by atoms with Crippen molar-refractivity contribution in [2.45, 2.75) is 19.8 Å². The van der Waals surface area contributed by atoms with Gasteiger partial charge in [-0.15, -0.1) is 20.4 Å². The molecule has 0 atom stereocenters. The molecule has 1 heterocycles. The van der Waals surface area contributed by atoms with Crippen molar-refractivity contribution in [3.63, 3.8) is 0 Å². The number of rotatable bonds is 1. The van der Waals surface area contributed by atoms with Gasteiger partial charge in [0.25, 0.3) is 5.95 Å². The van der Waals surface area contributed by atoms with Gasteiger partial charge >= 0.3 is 0 Å². The Hall–Kier alpha value is -1.26. The zero-order valence-electron chi connectivity index (χ0n) is 5.94. The van der Waals surface area contributed by atoms with E-state index < -0.39 is 0 Å². The van der Waals surface area contributed by atoms with Crippen molar-refractivity contribution in [3.8, 4) is 0 Å². The minimum absolute atomic E-state index is 0.115. The van der Waals surface area contributed by atoms with Crippen molar-refractivity contribution in [1.29, 1.82) is 0 Å². The molecule has 54 valence electrons. The SMILES string of the molecule is CC(C)c1nnc(N)nn1. The van der Waals surface area contributed by atoms with Crippen molar-refractivity contribution in [2.24, 2.45) is 0 Å². The minimum atomic E-state index is 0.115. The lowest BCUT2D eigenvalue weighted by Gasteiger charge is -1.98. The summed E-state index contributed by atoms with van der Waals surface area (Å²) >= 11 is 0. The molecule has 0 amide bonds. The summed E-state index contributed by atoms with van der Waals surface area (Å²) in [5.74, 6) is 0.985. The molecule has 5 heteroatoms. The topological polar surface area (TPSA) is 77.6 Å². The number of nitrogen functional groups attached to an aromatic ring is 1. The third kappa shape index (κ3) is 1.37. The van der Waals surface area contributed by atoms with E-state index in [1.165, 1.54) is 0 Å². The number of nitrogens with two attached hydrogens (primary N) is 1. The van der Waals surface area contributed by atoms with Crippen LogP contribution in [0.2, 0.25) is 0 Å². The van der Waals surface area contributed by atoms with E-state index >= 15 is 0 Å². The molecule has 0 saturated heterocycles. The summed E-state index contributed by atoms with van der Waals surface area (Å²) in [7, 11) is 0. The highest BCUT2D eigenvalue weighted by molar-refractivity contribution is 5.07. The third-order valence-corrected chi connectivity index (χ3v) is 1.03. The van der Waals surface area contributed by atoms with Gasteiger partial charge in [0.05, 0.1) is 0 Å². The average molecular weight is 139 g/mol. The van der Waals surface area contributed by atoms with E-state index in [-0.39, 0.29) is 11.9 Å². The van der Waals surface area contributed by atoms with Gasteiger partial charge in [0, 0.05) is 5.92 Å². The molecule has 0 aromatic carbocycles. The molecule has 0 bridgehead atoms. The molecule has 10 heavy (non-hydrogen) atoms. The van der Waals surface area contributed by atoms with Crippen molar-refractivity contribution in [2.75, 3.05) is 5.73 Å². The van der Waals surface area contributed by atoms with Gasteiger partial charge in [-0.2, -0.15) is 0 Å². The monoisotopic (exact) mass is 139 g/mol. The zero-order valence-corrected chi connectivity index (χ0v) is 5.94. The summed E-state index contributed by atoms with van der Waals surface area (Å²) in [6.45, 7) is 3.93. The Balaban J connectivity index is 2.89. The Morgan fingerprint density at radius 2 is 1.60 bits per heavy atom. The van der Waals surface area contributed by atoms with Crippen LogP contribution in [0.25, 0.3) is 0 Å². The Morgan fingerprint density at radius 3 is 2.00 bits per heavy atom. The summed E-state index contributed by atoms with van der Waals surface area (Å²) in [6.07, 6.45) is 0. The number of hydrogen-bond donors (Lipinski definition) is 1. The third-order valence-electron chi connectivity index (χ3n) is 1.03. The second-order valence-electron chi connectivity index (χ2n) is 2.27. The summed E-state index contributed by atoms with van der Waals surface area (Å²) in [5.41, 5.74) is 5.18. The van der Waals surface area contributed by atoms with Gasteiger partial charge in [0.15, 0.2) is 5.82 Å². The molecule has 0 spiro atoms. The molecule has 1 rings (SSSR count). The first kappa shape index (κ1) is 6.85. The van der Waals surface area contributed by atoms with Gasteiger partial charge in [-0.1, -0.05) is 13.8 Å². The summed E-state index contributed by atoms with van der Waals surface area (Å²) in [5, 5.41) is 14.6. The van der Waals surface area contributed by atoms with Crippen molar-refractivity contribution >= 4 is 5.95 Å². The predicted octanol–water partition coefficient (Wildman–Crippen LogP) is -0.0278. The maximum absolute atomic E-state index is 5.18. The number of aromatic nitrogens is 4. The predicted molar refractivity (Wildman–Crippen MR) is 36.1 cm³/mol. The molecule has 0 fully saturated rings. The molecule has 5 nitrogen and oxygen atoms in total. The second-order valence-corrected chi connectivity index (χ2v) is 2.27. The quantitative estimate of drug-likeness (QED) is 0.591. The number of anilines is 1.